The molecule has 0 bridgehead atoms. The molecule has 1 saturated heterocycles. The van der Waals surface area contributed by atoms with Gasteiger partial charge in [-0.2, -0.15) is 0 Å². The fraction of sp³-hybridized carbons (Fsp3) is 0.867. The van der Waals surface area contributed by atoms with Crippen LogP contribution in [0.4, 0.5) is 0 Å². The van der Waals surface area contributed by atoms with Gasteiger partial charge in [0.05, 0.1) is 0 Å². The van der Waals surface area contributed by atoms with E-state index in [9.17, 15) is 0 Å². The molecule has 0 N–H and O–H groups in total. The molecule has 1 saturated carbocycles. The second kappa shape index (κ2) is 7.03. The second-order valence-corrected chi connectivity index (χ2v) is 5.35. The largest absolute Gasteiger partial charge is 0.353 e. The second-order valence-electron chi connectivity index (χ2n) is 5.35. The molecule has 2 nitrogen and oxygen atoms in total. The van der Waals surface area contributed by atoms with Crippen LogP contribution in [-0.2, 0) is 9.47 Å². The molecule has 1 aliphatic carbocycles. The minimum Gasteiger partial charge on any atom is -0.353 e. The van der Waals surface area contributed by atoms with E-state index in [1.165, 1.54) is 38.5 Å². The number of ether oxygens (including phenoxy) is 2. The van der Waals surface area contributed by atoms with E-state index in [1.54, 1.807) is 0 Å². The van der Waals surface area contributed by atoms with E-state index >= 15 is 0 Å². The molecule has 0 aromatic carbocycles. The smallest absolute Gasteiger partial charge is 0.157 e. The summed E-state index contributed by atoms with van der Waals surface area (Å²) in [4.78, 5) is 0. The molecule has 2 fully saturated rings. The summed E-state index contributed by atoms with van der Waals surface area (Å²) in [6, 6.07) is 0. The minimum atomic E-state index is 0.0655. The molecule has 2 unspecified atom stereocenters. The van der Waals surface area contributed by atoms with Crippen molar-refractivity contribution in [2.24, 2.45) is 11.8 Å². The summed E-state index contributed by atoms with van der Waals surface area (Å²) in [5, 5.41) is 0. The first kappa shape index (κ1) is 12.9. The van der Waals surface area contributed by atoms with Crippen LogP contribution in [0.15, 0.2) is 0 Å². The molecule has 96 valence electrons. The molecular weight excluding hydrogens is 212 g/mol. The van der Waals surface area contributed by atoms with E-state index in [0.717, 1.165) is 32.0 Å². The first-order chi connectivity index (χ1) is 8.38. The molecule has 0 aromatic rings. The molecular formula is C15H24O2. The van der Waals surface area contributed by atoms with Crippen LogP contribution in [0.25, 0.3) is 0 Å². The number of rotatable bonds is 4. The first-order valence-electron chi connectivity index (χ1n) is 7.08. The van der Waals surface area contributed by atoms with E-state index in [0.29, 0.717) is 5.92 Å². The third-order valence-corrected chi connectivity index (χ3v) is 3.99. The Balaban J connectivity index is 1.59. The Morgan fingerprint density at radius 1 is 1.18 bits per heavy atom. The summed E-state index contributed by atoms with van der Waals surface area (Å²) in [5.41, 5.74) is 0. The number of hydrogen-bond donors (Lipinski definition) is 0. The van der Waals surface area contributed by atoms with Crippen LogP contribution in [-0.4, -0.2) is 19.5 Å². The van der Waals surface area contributed by atoms with Gasteiger partial charge in [-0.15, -0.1) is 12.3 Å². The molecule has 2 rings (SSSR count). The van der Waals surface area contributed by atoms with Gasteiger partial charge in [-0.25, -0.2) is 0 Å². The first-order valence-corrected chi connectivity index (χ1v) is 7.08. The maximum absolute atomic E-state index is 5.78. The van der Waals surface area contributed by atoms with E-state index < -0.39 is 0 Å². The summed E-state index contributed by atoms with van der Waals surface area (Å²) < 4.78 is 11.3. The van der Waals surface area contributed by atoms with E-state index in [4.69, 9.17) is 15.9 Å². The van der Waals surface area contributed by atoms with Gasteiger partial charge >= 0.3 is 0 Å². The quantitative estimate of drug-likeness (QED) is 0.697. The van der Waals surface area contributed by atoms with Crippen LogP contribution in [0.5, 0.6) is 0 Å². The van der Waals surface area contributed by atoms with Crippen molar-refractivity contribution < 1.29 is 9.47 Å². The third-order valence-electron chi connectivity index (χ3n) is 3.99. The molecule has 0 amide bonds. The molecule has 3 atom stereocenters. The van der Waals surface area contributed by atoms with Gasteiger partial charge < -0.3 is 9.47 Å². The van der Waals surface area contributed by atoms with Crippen molar-refractivity contribution in [3.05, 3.63) is 0 Å². The molecule has 0 spiro atoms. The van der Waals surface area contributed by atoms with E-state index in [-0.39, 0.29) is 6.29 Å². The fourth-order valence-corrected chi connectivity index (χ4v) is 2.91. The Kier molecular flexibility index (Phi) is 5.35. The zero-order valence-corrected chi connectivity index (χ0v) is 10.7. The van der Waals surface area contributed by atoms with Crippen molar-refractivity contribution in [2.45, 2.75) is 57.7 Å². The standard InChI is InChI=1S/C15H24O2/c1-2-13-6-5-7-14(12-13)9-11-17-15-8-3-4-10-16-15/h1,13-15H,3-12H2/t13-,14?,15?/m0/s1. The average molecular weight is 236 g/mol. The highest BCUT2D eigenvalue weighted by Crippen LogP contribution is 2.30. The van der Waals surface area contributed by atoms with Gasteiger partial charge in [-0.3, -0.25) is 0 Å². The molecule has 1 heterocycles. The van der Waals surface area contributed by atoms with Gasteiger partial charge in [0, 0.05) is 19.1 Å². The lowest BCUT2D eigenvalue weighted by Crippen LogP contribution is -2.24. The van der Waals surface area contributed by atoms with Gasteiger partial charge in [0.1, 0.15) is 0 Å². The lowest BCUT2D eigenvalue weighted by atomic mass is 9.80. The van der Waals surface area contributed by atoms with Gasteiger partial charge in [-0.05, 0) is 44.4 Å². The molecule has 2 aliphatic rings. The van der Waals surface area contributed by atoms with Crippen molar-refractivity contribution in [1.82, 2.24) is 0 Å². The number of hydrogen-bond acceptors (Lipinski definition) is 2. The number of terminal acetylenes is 1. The van der Waals surface area contributed by atoms with Crippen molar-refractivity contribution in [3.8, 4) is 12.3 Å². The van der Waals surface area contributed by atoms with Gasteiger partial charge in [-0.1, -0.05) is 12.8 Å². The summed E-state index contributed by atoms with van der Waals surface area (Å²) in [7, 11) is 0. The molecule has 0 aromatic heterocycles. The lowest BCUT2D eigenvalue weighted by molar-refractivity contribution is -0.164. The van der Waals surface area contributed by atoms with Crippen molar-refractivity contribution >= 4 is 0 Å². The maximum Gasteiger partial charge on any atom is 0.157 e. The predicted molar refractivity (Wildman–Crippen MR) is 68.4 cm³/mol. The fourth-order valence-electron chi connectivity index (χ4n) is 2.91. The van der Waals surface area contributed by atoms with E-state index in [2.05, 4.69) is 5.92 Å². The zero-order chi connectivity index (χ0) is 11.9. The summed E-state index contributed by atoms with van der Waals surface area (Å²) in [6.07, 6.45) is 15.3. The molecule has 1 aliphatic heterocycles. The average Bonchev–Trinajstić information content (AvgIpc) is 2.40. The van der Waals surface area contributed by atoms with E-state index in [1.807, 2.05) is 0 Å². The molecule has 2 heteroatoms. The lowest BCUT2D eigenvalue weighted by Gasteiger charge is -2.27. The highest BCUT2D eigenvalue weighted by Gasteiger charge is 2.21. The minimum absolute atomic E-state index is 0.0655. The SMILES string of the molecule is C#C[C@H]1CCCC(CCOC2CCCCO2)C1. The van der Waals surface area contributed by atoms with Crippen molar-refractivity contribution in [1.29, 1.82) is 0 Å². The predicted octanol–water partition coefficient (Wildman–Crippen LogP) is 3.36. The Morgan fingerprint density at radius 2 is 2.12 bits per heavy atom. The maximum atomic E-state index is 5.78. The zero-order valence-electron chi connectivity index (χ0n) is 10.7. The molecule has 17 heavy (non-hydrogen) atoms. The Morgan fingerprint density at radius 3 is 2.88 bits per heavy atom. The van der Waals surface area contributed by atoms with Crippen LogP contribution >= 0.6 is 0 Å². The third kappa shape index (κ3) is 4.33. The van der Waals surface area contributed by atoms with Crippen LogP contribution in [0.1, 0.15) is 51.4 Å². The van der Waals surface area contributed by atoms with Crippen molar-refractivity contribution in [2.75, 3.05) is 13.2 Å². The van der Waals surface area contributed by atoms with Gasteiger partial charge in [0.15, 0.2) is 6.29 Å². The highest BCUT2D eigenvalue weighted by molar-refractivity contribution is 4.95. The summed E-state index contributed by atoms with van der Waals surface area (Å²) in [6.45, 7) is 1.71. The normalized spacial score (nSPS) is 34.2. The summed E-state index contributed by atoms with van der Waals surface area (Å²) >= 11 is 0. The monoisotopic (exact) mass is 236 g/mol. The summed E-state index contributed by atoms with van der Waals surface area (Å²) in [5.74, 6) is 4.19. The topological polar surface area (TPSA) is 18.5 Å². The Bertz CT molecular complexity index is 250. The highest BCUT2D eigenvalue weighted by atomic mass is 16.7. The van der Waals surface area contributed by atoms with Crippen LogP contribution < -0.4 is 0 Å². The van der Waals surface area contributed by atoms with Crippen molar-refractivity contribution in [3.63, 3.8) is 0 Å². The van der Waals surface area contributed by atoms with Gasteiger partial charge in [0.2, 0.25) is 0 Å². The van der Waals surface area contributed by atoms with Gasteiger partial charge in [0.25, 0.3) is 0 Å². The Labute approximate surface area is 105 Å². The van der Waals surface area contributed by atoms with Crippen LogP contribution in [0.2, 0.25) is 0 Å². The van der Waals surface area contributed by atoms with Crippen LogP contribution in [0, 0.1) is 24.2 Å². The van der Waals surface area contributed by atoms with Crippen LogP contribution in [0.3, 0.4) is 0 Å². The Hall–Kier alpha value is -0.520. The molecule has 0 radical (unpaired) electrons.